The fraction of sp³-hybridized carbons (Fsp3) is 0.400. The van der Waals surface area contributed by atoms with Gasteiger partial charge in [0.2, 0.25) is 5.91 Å². The summed E-state index contributed by atoms with van der Waals surface area (Å²) in [6.45, 7) is 1.12. The summed E-state index contributed by atoms with van der Waals surface area (Å²) >= 11 is 3.26. The van der Waals surface area contributed by atoms with Crippen molar-refractivity contribution in [2.75, 3.05) is 26.2 Å². The van der Waals surface area contributed by atoms with Crippen LogP contribution in [0, 0.1) is 5.92 Å². The van der Waals surface area contributed by atoms with Crippen LogP contribution in [0.3, 0.4) is 0 Å². The fourth-order valence-corrected chi connectivity index (χ4v) is 3.14. The summed E-state index contributed by atoms with van der Waals surface area (Å²) in [5.41, 5.74) is 0.606. The average molecular weight is 419 g/mol. The van der Waals surface area contributed by atoms with Crippen LogP contribution in [0.15, 0.2) is 22.7 Å². The molecule has 2 atom stereocenters. The maximum Gasteiger partial charge on any atom is 0.262 e. The van der Waals surface area contributed by atoms with E-state index in [1.54, 1.807) is 18.2 Å². The second-order valence-corrected chi connectivity index (χ2v) is 6.59. The van der Waals surface area contributed by atoms with Crippen LogP contribution < -0.4 is 10.6 Å². The fourth-order valence-electron chi connectivity index (χ4n) is 2.78. The molecular weight excluding hydrogens is 402 g/mol. The van der Waals surface area contributed by atoms with Gasteiger partial charge in [0.25, 0.3) is 11.8 Å². The van der Waals surface area contributed by atoms with Gasteiger partial charge in [-0.1, -0.05) is 15.9 Å². The van der Waals surface area contributed by atoms with Crippen molar-refractivity contribution in [1.29, 1.82) is 0 Å². The van der Waals surface area contributed by atoms with Crippen molar-refractivity contribution in [2.24, 2.45) is 5.92 Å². The van der Waals surface area contributed by atoms with Gasteiger partial charge in [0.15, 0.2) is 0 Å². The Bertz CT molecular complexity index is 685. The predicted octanol–water partition coefficient (Wildman–Crippen LogP) is 0.163. The largest absolute Gasteiger partial charge is 0.391 e. The quantitative estimate of drug-likeness (QED) is 0.605. The number of benzene rings is 1. The summed E-state index contributed by atoms with van der Waals surface area (Å²) in [5.74, 6) is -1.41. The molecular formula is C15H17BrClN3O4. The number of hydrogen-bond donors (Lipinski definition) is 3. The van der Waals surface area contributed by atoms with Crippen LogP contribution in [0.1, 0.15) is 20.7 Å². The number of amides is 3. The van der Waals surface area contributed by atoms with E-state index in [0.717, 1.165) is 4.90 Å². The first-order valence-electron chi connectivity index (χ1n) is 7.28. The van der Waals surface area contributed by atoms with E-state index < -0.39 is 23.8 Å². The molecule has 2 aliphatic rings. The number of hydrogen-bond acceptors (Lipinski definition) is 5. The first kappa shape index (κ1) is 18.9. The zero-order valence-corrected chi connectivity index (χ0v) is 15.0. The first-order valence-corrected chi connectivity index (χ1v) is 8.08. The van der Waals surface area contributed by atoms with Gasteiger partial charge in [0, 0.05) is 30.0 Å². The molecule has 0 saturated carbocycles. The molecule has 0 radical (unpaired) electrons. The molecule has 2 unspecified atom stereocenters. The number of aliphatic hydroxyl groups excluding tert-OH is 1. The van der Waals surface area contributed by atoms with Gasteiger partial charge in [0.05, 0.1) is 17.2 Å². The minimum Gasteiger partial charge on any atom is -0.391 e. The number of nitrogens with zero attached hydrogens (tertiary/aromatic N) is 1. The monoisotopic (exact) mass is 417 g/mol. The maximum absolute atomic E-state index is 12.3. The maximum atomic E-state index is 12.3. The van der Waals surface area contributed by atoms with Crippen LogP contribution in [-0.2, 0) is 4.79 Å². The molecule has 9 heteroatoms. The number of fused-ring (bicyclic) bond motifs is 1. The number of imide groups is 1. The second-order valence-electron chi connectivity index (χ2n) is 5.68. The van der Waals surface area contributed by atoms with E-state index in [2.05, 4.69) is 26.6 Å². The smallest absolute Gasteiger partial charge is 0.262 e. The highest BCUT2D eigenvalue weighted by Crippen LogP contribution is 2.25. The Hall–Kier alpha value is -1.48. The van der Waals surface area contributed by atoms with Gasteiger partial charge in [-0.15, -0.1) is 12.4 Å². The molecule has 3 rings (SSSR count). The molecule has 2 heterocycles. The molecule has 7 nitrogen and oxygen atoms in total. The summed E-state index contributed by atoms with van der Waals surface area (Å²) in [6.07, 6.45) is -0.494. The van der Waals surface area contributed by atoms with Crippen LogP contribution in [0.5, 0.6) is 0 Å². The number of halogens is 2. The molecule has 0 bridgehead atoms. The molecule has 0 aliphatic carbocycles. The van der Waals surface area contributed by atoms with Crippen LogP contribution in [0.2, 0.25) is 0 Å². The van der Waals surface area contributed by atoms with Crippen LogP contribution in [0.25, 0.3) is 0 Å². The highest BCUT2D eigenvalue weighted by atomic mass is 79.9. The number of carbonyl (C=O) groups is 3. The third-order valence-electron chi connectivity index (χ3n) is 4.10. The van der Waals surface area contributed by atoms with Crippen LogP contribution in [0.4, 0.5) is 0 Å². The summed E-state index contributed by atoms with van der Waals surface area (Å²) in [5, 5.41) is 15.4. The highest BCUT2D eigenvalue weighted by Gasteiger charge is 2.36. The van der Waals surface area contributed by atoms with Gasteiger partial charge in [-0.25, -0.2) is 0 Å². The van der Waals surface area contributed by atoms with Crippen LogP contribution in [-0.4, -0.2) is 60.0 Å². The van der Waals surface area contributed by atoms with E-state index >= 15 is 0 Å². The molecule has 1 saturated heterocycles. The topological polar surface area (TPSA) is 98.7 Å². The van der Waals surface area contributed by atoms with E-state index in [1.807, 2.05) is 0 Å². The van der Waals surface area contributed by atoms with Crippen molar-refractivity contribution in [2.45, 2.75) is 6.10 Å². The third-order valence-corrected chi connectivity index (χ3v) is 4.59. The van der Waals surface area contributed by atoms with Crippen molar-refractivity contribution in [3.63, 3.8) is 0 Å². The Morgan fingerprint density at radius 3 is 2.67 bits per heavy atom. The summed E-state index contributed by atoms with van der Waals surface area (Å²) in [4.78, 5) is 37.4. The minimum absolute atomic E-state index is 0. The molecule has 3 N–H and O–H groups in total. The second kappa shape index (κ2) is 7.60. The third kappa shape index (κ3) is 3.61. The Labute approximate surface area is 153 Å². The molecule has 2 aliphatic heterocycles. The number of nitrogens with one attached hydrogen (secondary N) is 2. The van der Waals surface area contributed by atoms with Crippen molar-refractivity contribution in [1.82, 2.24) is 15.5 Å². The molecule has 24 heavy (non-hydrogen) atoms. The molecule has 130 valence electrons. The van der Waals surface area contributed by atoms with Gasteiger partial charge in [-0.3, -0.25) is 19.3 Å². The Morgan fingerprint density at radius 2 is 2.00 bits per heavy atom. The lowest BCUT2D eigenvalue weighted by atomic mass is 10.1. The lowest BCUT2D eigenvalue weighted by molar-refractivity contribution is -0.121. The van der Waals surface area contributed by atoms with Crippen LogP contribution >= 0.6 is 28.3 Å². The number of β-amino-alcohol motifs (C(OH)–C–C–N with tert-alkyl or cyclic N) is 1. The molecule has 1 aromatic carbocycles. The average Bonchev–Trinajstić information content (AvgIpc) is 3.02. The van der Waals surface area contributed by atoms with E-state index in [9.17, 15) is 19.5 Å². The highest BCUT2D eigenvalue weighted by molar-refractivity contribution is 9.10. The predicted molar refractivity (Wildman–Crippen MR) is 92.1 cm³/mol. The molecule has 0 aromatic heterocycles. The Morgan fingerprint density at radius 1 is 1.29 bits per heavy atom. The van der Waals surface area contributed by atoms with E-state index in [1.165, 1.54) is 0 Å². The number of aliphatic hydroxyl groups is 1. The molecule has 1 fully saturated rings. The molecule has 0 spiro atoms. The van der Waals surface area contributed by atoms with E-state index in [-0.39, 0.29) is 24.9 Å². The lowest BCUT2D eigenvalue weighted by Gasteiger charge is -2.17. The molecule has 1 aromatic rings. The normalized spacial score (nSPS) is 22.3. The van der Waals surface area contributed by atoms with Gasteiger partial charge < -0.3 is 15.7 Å². The first-order chi connectivity index (χ1) is 11.0. The molecule has 3 amide bonds. The van der Waals surface area contributed by atoms with Gasteiger partial charge in [0.1, 0.15) is 6.54 Å². The van der Waals surface area contributed by atoms with Gasteiger partial charge in [-0.2, -0.15) is 0 Å². The van der Waals surface area contributed by atoms with Crippen molar-refractivity contribution < 1.29 is 19.5 Å². The van der Waals surface area contributed by atoms with E-state index in [4.69, 9.17) is 0 Å². The van der Waals surface area contributed by atoms with Gasteiger partial charge >= 0.3 is 0 Å². The van der Waals surface area contributed by atoms with Crippen molar-refractivity contribution in [3.8, 4) is 0 Å². The Kier molecular flexibility index (Phi) is 5.97. The minimum atomic E-state index is -0.494. The zero-order valence-electron chi connectivity index (χ0n) is 12.6. The standard InChI is InChI=1S/C15H16BrN3O4.ClH/c16-9-1-2-10-11(3-9)15(23)19(14(10)22)7-13(21)18-5-8-4-17-6-12(8)20;/h1-3,8,12,17,20H,4-7H2,(H,18,21);1H. The number of rotatable bonds is 4. The lowest BCUT2D eigenvalue weighted by Crippen LogP contribution is -2.42. The summed E-state index contributed by atoms with van der Waals surface area (Å²) in [6, 6.07) is 4.83. The SMILES string of the molecule is Cl.O=C(CN1C(=O)c2ccc(Br)cc2C1=O)NCC1CNCC1O. The zero-order chi connectivity index (χ0) is 16.6. The Balaban J connectivity index is 0.00000208. The van der Waals surface area contributed by atoms with Gasteiger partial charge in [-0.05, 0) is 18.2 Å². The summed E-state index contributed by atoms with van der Waals surface area (Å²) < 4.78 is 0.700. The number of carbonyl (C=O) groups excluding carboxylic acids is 3. The van der Waals surface area contributed by atoms with E-state index in [0.29, 0.717) is 35.2 Å². The van der Waals surface area contributed by atoms with Crippen molar-refractivity contribution >= 4 is 46.1 Å². The summed E-state index contributed by atoms with van der Waals surface area (Å²) in [7, 11) is 0. The van der Waals surface area contributed by atoms with Crippen molar-refractivity contribution in [3.05, 3.63) is 33.8 Å².